The molecular formula is C21H26N2OS. The number of thioether (sulfide) groups is 1. The van der Waals surface area contributed by atoms with E-state index in [2.05, 4.69) is 56.4 Å². The molecule has 0 spiro atoms. The van der Waals surface area contributed by atoms with Crippen molar-refractivity contribution >= 4 is 23.5 Å². The zero-order valence-electron chi connectivity index (χ0n) is 15.2. The van der Waals surface area contributed by atoms with Crippen LogP contribution < -0.4 is 5.32 Å². The molecule has 2 amide bonds. The topological polar surface area (TPSA) is 32.3 Å². The van der Waals surface area contributed by atoms with Crippen LogP contribution in [0.2, 0.25) is 0 Å². The van der Waals surface area contributed by atoms with Crippen molar-refractivity contribution in [2.24, 2.45) is 0 Å². The van der Waals surface area contributed by atoms with Crippen molar-refractivity contribution < 1.29 is 4.79 Å². The number of hydrogen-bond acceptors (Lipinski definition) is 2. The Morgan fingerprint density at radius 1 is 1.24 bits per heavy atom. The molecule has 0 aromatic heterocycles. The number of nitrogens with one attached hydrogen (secondary N) is 1. The largest absolute Gasteiger partial charge is 0.323 e. The molecule has 0 aliphatic carbocycles. The number of urea groups is 1. The van der Waals surface area contributed by atoms with E-state index < -0.39 is 0 Å². The average molecular weight is 355 g/mol. The second-order valence-electron chi connectivity index (χ2n) is 6.72. The first kappa shape index (κ1) is 17.9. The standard InChI is InChI=1S/C21H26N2OS/c1-4-16-6-5-7-19(14-16)22-21(24)23-12-13-25-20(23)18-10-8-17(9-11-18)15(2)3/h5-11,14-15,20H,4,12-13H2,1-3H3,(H,22,24). The lowest BCUT2D eigenvalue weighted by molar-refractivity contribution is 0.214. The van der Waals surface area contributed by atoms with Crippen LogP contribution in [0.1, 0.15) is 48.8 Å². The summed E-state index contributed by atoms with van der Waals surface area (Å²) in [5.41, 5.74) is 4.63. The average Bonchev–Trinajstić information content (AvgIpc) is 3.12. The fraction of sp³-hybridized carbons (Fsp3) is 0.381. The Morgan fingerprint density at radius 3 is 2.68 bits per heavy atom. The van der Waals surface area contributed by atoms with Crippen LogP contribution in [-0.4, -0.2) is 23.2 Å². The fourth-order valence-electron chi connectivity index (χ4n) is 3.06. The van der Waals surface area contributed by atoms with Crippen LogP contribution in [0.15, 0.2) is 48.5 Å². The molecule has 0 saturated carbocycles. The fourth-order valence-corrected chi connectivity index (χ4v) is 4.32. The van der Waals surface area contributed by atoms with E-state index >= 15 is 0 Å². The second kappa shape index (κ2) is 7.96. The molecule has 4 heteroatoms. The van der Waals surface area contributed by atoms with Gasteiger partial charge in [0.15, 0.2) is 0 Å². The smallest absolute Gasteiger partial charge is 0.308 e. The van der Waals surface area contributed by atoms with Crippen LogP contribution >= 0.6 is 11.8 Å². The first-order valence-corrected chi connectivity index (χ1v) is 10.0. The number of carbonyl (C=O) groups is 1. The van der Waals surface area contributed by atoms with E-state index in [1.54, 1.807) is 0 Å². The zero-order chi connectivity index (χ0) is 17.8. The highest BCUT2D eigenvalue weighted by Gasteiger charge is 2.30. The first-order chi connectivity index (χ1) is 12.1. The lowest BCUT2D eigenvalue weighted by Crippen LogP contribution is -2.34. The summed E-state index contributed by atoms with van der Waals surface area (Å²) in [7, 11) is 0. The Balaban J connectivity index is 1.73. The number of benzene rings is 2. The van der Waals surface area contributed by atoms with Crippen LogP contribution in [-0.2, 0) is 6.42 Å². The van der Waals surface area contributed by atoms with E-state index in [-0.39, 0.29) is 11.4 Å². The maximum atomic E-state index is 12.8. The maximum Gasteiger partial charge on any atom is 0.323 e. The summed E-state index contributed by atoms with van der Waals surface area (Å²) in [6.07, 6.45) is 0.966. The minimum Gasteiger partial charge on any atom is -0.308 e. The number of amides is 2. The van der Waals surface area contributed by atoms with Crippen molar-refractivity contribution in [3.63, 3.8) is 0 Å². The third-order valence-electron chi connectivity index (χ3n) is 4.63. The predicted molar refractivity (Wildman–Crippen MR) is 107 cm³/mol. The number of rotatable bonds is 4. The minimum absolute atomic E-state index is 0.0174. The van der Waals surface area contributed by atoms with Gasteiger partial charge in [-0.2, -0.15) is 0 Å². The summed E-state index contributed by atoms with van der Waals surface area (Å²) < 4.78 is 0. The SMILES string of the molecule is CCc1cccc(NC(=O)N2CCSC2c2ccc(C(C)C)cc2)c1. The molecular weight excluding hydrogens is 328 g/mol. The van der Waals surface area contributed by atoms with E-state index in [1.165, 1.54) is 16.7 Å². The molecule has 1 atom stereocenters. The van der Waals surface area contributed by atoms with Crippen molar-refractivity contribution in [3.05, 3.63) is 65.2 Å². The third kappa shape index (κ3) is 4.18. The number of hydrogen-bond donors (Lipinski definition) is 1. The lowest BCUT2D eigenvalue weighted by Gasteiger charge is -2.25. The van der Waals surface area contributed by atoms with Crippen molar-refractivity contribution in [2.75, 3.05) is 17.6 Å². The molecule has 3 nitrogen and oxygen atoms in total. The first-order valence-electron chi connectivity index (χ1n) is 8.96. The number of aryl methyl sites for hydroxylation is 1. The summed E-state index contributed by atoms with van der Waals surface area (Å²) in [6, 6.07) is 16.7. The molecule has 1 fully saturated rings. The van der Waals surface area contributed by atoms with Gasteiger partial charge in [-0.25, -0.2) is 4.79 Å². The quantitative estimate of drug-likeness (QED) is 0.769. The second-order valence-corrected chi connectivity index (χ2v) is 7.91. The predicted octanol–water partition coefficient (Wildman–Crippen LogP) is 5.65. The summed E-state index contributed by atoms with van der Waals surface area (Å²) in [4.78, 5) is 14.7. The summed E-state index contributed by atoms with van der Waals surface area (Å²) in [5, 5.41) is 3.15. The van der Waals surface area contributed by atoms with Crippen LogP contribution in [0, 0.1) is 0 Å². The monoisotopic (exact) mass is 354 g/mol. The summed E-state index contributed by atoms with van der Waals surface area (Å²) >= 11 is 1.83. The molecule has 0 bridgehead atoms. The zero-order valence-corrected chi connectivity index (χ0v) is 16.0. The number of anilines is 1. The van der Waals surface area contributed by atoms with Crippen molar-refractivity contribution in [1.82, 2.24) is 4.90 Å². The molecule has 1 saturated heterocycles. The molecule has 3 rings (SSSR count). The van der Waals surface area contributed by atoms with Crippen LogP contribution in [0.3, 0.4) is 0 Å². The van der Waals surface area contributed by atoms with E-state index in [4.69, 9.17) is 0 Å². The van der Waals surface area contributed by atoms with E-state index in [0.717, 1.165) is 24.4 Å². The van der Waals surface area contributed by atoms with Crippen LogP contribution in [0.4, 0.5) is 10.5 Å². The molecule has 1 N–H and O–H groups in total. The highest BCUT2D eigenvalue weighted by atomic mass is 32.2. The molecule has 1 heterocycles. The van der Waals surface area contributed by atoms with Gasteiger partial charge in [-0.05, 0) is 41.2 Å². The van der Waals surface area contributed by atoms with Crippen molar-refractivity contribution in [1.29, 1.82) is 0 Å². The Kier molecular flexibility index (Phi) is 5.69. The highest BCUT2D eigenvalue weighted by Crippen LogP contribution is 2.38. The van der Waals surface area contributed by atoms with Crippen molar-refractivity contribution in [2.45, 2.75) is 38.5 Å². The van der Waals surface area contributed by atoms with Crippen LogP contribution in [0.25, 0.3) is 0 Å². The highest BCUT2D eigenvalue weighted by molar-refractivity contribution is 7.99. The summed E-state index contributed by atoms with van der Waals surface area (Å²) in [5.74, 6) is 1.49. The van der Waals surface area contributed by atoms with Gasteiger partial charge >= 0.3 is 6.03 Å². The van der Waals surface area contributed by atoms with Gasteiger partial charge in [-0.1, -0.05) is 57.2 Å². The number of nitrogens with zero attached hydrogens (tertiary/aromatic N) is 1. The van der Waals surface area contributed by atoms with E-state index in [1.807, 2.05) is 34.9 Å². The minimum atomic E-state index is -0.0174. The van der Waals surface area contributed by atoms with Gasteiger partial charge in [0.2, 0.25) is 0 Å². The van der Waals surface area contributed by atoms with Gasteiger partial charge in [0.05, 0.1) is 0 Å². The molecule has 2 aromatic rings. The Hall–Kier alpha value is -1.94. The number of carbonyl (C=O) groups excluding carboxylic acids is 1. The molecule has 25 heavy (non-hydrogen) atoms. The molecule has 132 valence electrons. The van der Waals surface area contributed by atoms with Gasteiger partial charge in [-0.15, -0.1) is 11.8 Å². The van der Waals surface area contributed by atoms with Gasteiger partial charge < -0.3 is 10.2 Å². The van der Waals surface area contributed by atoms with Crippen LogP contribution in [0.5, 0.6) is 0 Å². The molecule has 1 unspecified atom stereocenters. The van der Waals surface area contributed by atoms with E-state index in [9.17, 15) is 4.79 Å². The molecule has 0 radical (unpaired) electrons. The van der Waals surface area contributed by atoms with Gasteiger partial charge in [0.25, 0.3) is 0 Å². The Morgan fingerprint density at radius 2 is 2.00 bits per heavy atom. The van der Waals surface area contributed by atoms with Gasteiger partial charge in [-0.3, -0.25) is 0 Å². The Bertz CT molecular complexity index is 727. The molecule has 2 aromatic carbocycles. The summed E-state index contributed by atoms with van der Waals surface area (Å²) in [6.45, 7) is 7.29. The Labute approximate surface area is 154 Å². The third-order valence-corrected chi connectivity index (χ3v) is 5.89. The van der Waals surface area contributed by atoms with Gasteiger partial charge in [0.1, 0.15) is 5.37 Å². The van der Waals surface area contributed by atoms with E-state index in [0.29, 0.717) is 5.92 Å². The van der Waals surface area contributed by atoms with Crippen molar-refractivity contribution in [3.8, 4) is 0 Å². The lowest BCUT2D eigenvalue weighted by atomic mass is 10.0. The van der Waals surface area contributed by atoms with Gasteiger partial charge in [0, 0.05) is 18.0 Å². The molecule has 1 aliphatic heterocycles. The maximum absolute atomic E-state index is 12.8. The molecule has 1 aliphatic rings. The normalized spacial score (nSPS) is 17.1.